The first-order valence-electron chi connectivity index (χ1n) is 9.41. The van der Waals surface area contributed by atoms with E-state index in [0.29, 0.717) is 72.5 Å². The molecule has 8 heteroatoms. The van der Waals surface area contributed by atoms with Gasteiger partial charge in [0, 0.05) is 10.8 Å². The summed E-state index contributed by atoms with van der Waals surface area (Å²) in [5.74, 6) is -0.146. The van der Waals surface area contributed by atoms with Crippen LogP contribution in [0.3, 0.4) is 0 Å². The Hall–Kier alpha value is -0.000000000000000222. The van der Waals surface area contributed by atoms with Crippen molar-refractivity contribution in [2.24, 2.45) is 0 Å². The van der Waals surface area contributed by atoms with Crippen LogP contribution in [0.15, 0.2) is 0 Å². The lowest BCUT2D eigenvalue weighted by atomic mass is 10.2. The lowest BCUT2D eigenvalue weighted by molar-refractivity contribution is -0.145. The van der Waals surface area contributed by atoms with E-state index in [1.165, 1.54) is 0 Å². The van der Waals surface area contributed by atoms with Crippen LogP contribution < -0.4 is 0 Å². The van der Waals surface area contributed by atoms with Gasteiger partial charge in [-0.05, 0) is 6.42 Å². The molecule has 0 saturated carbocycles. The van der Waals surface area contributed by atoms with Gasteiger partial charge in [0.15, 0.2) is 0 Å². The number of unbranched alkanes of at least 4 members (excludes halogenated alkanes) is 2. The first-order valence-corrected chi connectivity index (χ1v) is 10.9. The Bertz CT molecular complexity index is 293. The molecule has 0 spiro atoms. The fourth-order valence-electron chi connectivity index (χ4n) is 1.84. The van der Waals surface area contributed by atoms with Crippen molar-refractivity contribution in [3.8, 4) is 0 Å². The number of halogens is 1. The van der Waals surface area contributed by atoms with E-state index >= 15 is 0 Å². The van der Waals surface area contributed by atoms with Crippen LogP contribution in [0, 0.1) is 0 Å². The van der Waals surface area contributed by atoms with E-state index in [2.05, 4.69) is 29.5 Å². The quantitative estimate of drug-likeness (QED) is 0.106. The summed E-state index contributed by atoms with van der Waals surface area (Å²) in [4.78, 5) is 11.3. The maximum Gasteiger partial charge on any atom is 0.305 e. The van der Waals surface area contributed by atoms with Crippen molar-refractivity contribution in [1.29, 1.82) is 0 Å². The van der Waals surface area contributed by atoms with E-state index in [1.54, 1.807) is 0 Å². The minimum atomic E-state index is -0.146. The lowest BCUT2D eigenvalue weighted by Gasteiger charge is -2.08. The number of rotatable bonds is 21. The van der Waals surface area contributed by atoms with Crippen LogP contribution in [-0.2, 0) is 33.2 Å². The summed E-state index contributed by atoms with van der Waals surface area (Å²) in [5.41, 5.74) is 0. The number of alkyl halides is 1. The van der Waals surface area contributed by atoms with Gasteiger partial charge in [-0.3, -0.25) is 4.79 Å². The van der Waals surface area contributed by atoms with Gasteiger partial charge in [0.2, 0.25) is 0 Å². The van der Waals surface area contributed by atoms with Gasteiger partial charge in [0.1, 0.15) is 6.61 Å². The molecular formula is C18H35IO7. The van der Waals surface area contributed by atoms with Crippen molar-refractivity contribution in [1.82, 2.24) is 0 Å². The third kappa shape index (κ3) is 22.0. The molecule has 156 valence electrons. The molecule has 0 aromatic carbocycles. The fraction of sp³-hybridized carbons (Fsp3) is 0.944. The molecule has 0 saturated heterocycles. The Morgan fingerprint density at radius 1 is 0.654 bits per heavy atom. The molecule has 0 unspecified atom stereocenters. The number of hydrogen-bond acceptors (Lipinski definition) is 7. The van der Waals surface area contributed by atoms with Gasteiger partial charge < -0.3 is 28.4 Å². The molecule has 0 amide bonds. The third-order valence-corrected chi connectivity index (χ3v) is 3.63. The molecule has 0 heterocycles. The Morgan fingerprint density at radius 2 is 1.08 bits per heavy atom. The van der Waals surface area contributed by atoms with E-state index in [-0.39, 0.29) is 5.97 Å². The molecule has 7 nitrogen and oxygen atoms in total. The Kier molecular flexibility index (Phi) is 23.0. The average molecular weight is 490 g/mol. The molecule has 0 N–H and O–H groups in total. The molecule has 0 aromatic heterocycles. The van der Waals surface area contributed by atoms with Crippen LogP contribution in [0.25, 0.3) is 0 Å². The second kappa shape index (κ2) is 23.0. The largest absolute Gasteiger partial charge is 0.463 e. The van der Waals surface area contributed by atoms with Crippen molar-refractivity contribution in [2.75, 3.05) is 77.1 Å². The first kappa shape index (κ1) is 26.0. The first-order chi connectivity index (χ1) is 12.8. The van der Waals surface area contributed by atoms with Crippen molar-refractivity contribution < 1.29 is 33.2 Å². The van der Waals surface area contributed by atoms with Crippen LogP contribution in [-0.4, -0.2) is 83.1 Å². The van der Waals surface area contributed by atoms with Crippen LogP contribution in [0.5, 0.6) is 0 Å². The summed E-state index contributed by atoms with van der Waals surface area (Å²) >= 11 is 2.27. The van der Waals surface area contributed by atoms with Gasteiger partial charge in [0.25, 0.3) is 0 Å². The molecule has 0 atom stereocenters. The topological polar surface area (TPSA) is 72.5 Å². The maximum absolute atomic E-state index is 11.3. The van der Waals surface area contributed by atoms with E-state index in [9.17, 15) is 4.79 Å². The molecule has 0 radical (unpaired) electrons. The summed E-state index contributed by atoms with van der Waals surface area (Å²) in [7, 11) is 0. The molecule has 0 fully saturated rings. The lowest BCUT2D eigenvalue weighted by Crippen LogP contribution is -2.15. The van der Waals surface area contributed by atoms with Crippen LogP contribution in [0.4, 0.5) is 0 Å². The van der Waals surface area contributed by atoms with Gasteiger partial charge in [-0.1, -0.05) is 42.4 Å². The van der Waals surface area contributed by atoms with Gasteiger partial charge in [0.05, 0.1) is 66.1 Å². The van der Waals surface area contributed by atoms with E-state index in [4.69, 9.17) is 28.4 Å². The van der Waals surface area contributed by atoms with E-state index in [1.807, 2.05) is 0 Å². The van der Waals surface area contributed by atoms with E-state index < -0.39 is 0 Å². The molecule has 0 aliphatic heterocycles. The zero-order valence-electron chi connectivity index (χ0n) is 16.0. The normalized spacial score (nSPS) is 11.0. The molecular weight excluding hydrogens is 455 g/mol. The van der Waals surface area contributed by atoms with Gasteiger partial charge >= 0.3 is 5.97 Å². The summed E-state index contributed by atoms with van der Waals surface area (Å²) < 4.78 is 32.8. The second-order valence-electron chi connectivity index (χ2n) is 5.43. The minimum Gasteiger partial charge on any atom is -0.463 e. The smallest absolute Gasteiger partial charge is 0.305 e. The Balaban J connectivity index is 3.06. The third-order valence-electron chi connectivity index (χ3n) is 3.18. The molecule has 0 aromatic rings. The monoisotopic (exact) mass is 490 g/mol. The van der Waals surface area contributed by atoms with Gasteiger partial charge in [-0.15, -0.1) is 0 Å². The minimum absolute atomic E-state index is 0.146. The Labute approximate surface area is 171 Å². The summed E-state index contributed by atoms with van der Waals surface area (Å²) in [5, 5.41) is 0. The SMILES string of the molecule is CCCCCC(=O)OCCOCCOCCOCCOCCOCCI. The molecule has 26 heavy (non-hydrogen) atoms. The molecule has 0 bridgehead atoms. The average Bonchev–Trinajstić information content (AvgIpc) is 2.64. The predicted molar refractivity (Wildman–Crippen MR) is 108 cm³/mol. The molecule has 0 aliphatic rings. The van der Waals surface area contributed by atoms with Crippen LogP contribution in [0.2, 0.25) is 0 Å². The zero-order valence-corrected chi connectivity index (χ0v) is 18.2. The summed E-state index contributed by atoms with van der Waals surface area (Å²) in [6, 6.07) is 0. The number of hydrogen-bond donors (Lipinski definition) is 0. The summed E-state index contributed by atoms with van der Waals surface area (Å²) in [6.07, 6.45) is 3.55. The predicted octanol–water partition coefficient (Wildman–Crippen LogP) is 2.63. The highest BCUT2D eigenvalue weighted by molar-refractivity contribution is 14.1. The second-order valence-corrected chi connectivity index (χ2v) is 6.51. The highest BCUT2D eigenvalue weighted by atomic mass is 127. The number of ether oxygens (including phenoxy) is 6. The van der Waals surface area contributed by atoms with Gasteiger partial charge in [-0.25, -0.2) is 0 Å². The number of esters is 1. The maximum atomic E-state index is 11.3. The Morgan fingerprint density at radius 3 is 1.50 bits per heavy atom. The van der Waals surface area contributed by atoms with Crippen molar-refractivity contribution >= 4 is 28.6 Å². The highest BCUT2D eigenvalue weighted by Gasteiger charge is 2.01. The van der Waals surface area contributed by atoms with Gasteiger partial charge in [-0.2, -0.15) is 0 Å². The molecule has 0 rings (SSSR count). The standard InChI is InChI=1S/C18H35IO7/c1-2-3-4-5-18(20)26-17-16-25-15-14-24-13-12-23-11-10-22-9-8-21-7-6-19/h2-17H2,1H3. The zero-order chi connectivity index (χ0) is 19.1. The fourth-order valence-corrected chi connectivity index (χ4v) is 2.15. The molecule has 0 aliphatic carbocycles. The van der Waals surface area contributed by atoms with Crippen LogP contribution >= 0.6 is 22.6 Å². The van der Waals surface area contributed by atoms with Crippen molar-refractivity contribution in [2.45, 2.75) is 32.6 Å². The van der Waals surface area contributed by atoms with Crippen LogP contribution in [0.1, 0.15) is 32.6 Å². The summed E-state index contributed by atoms with van der Waals surface area (Å²) in [6.45, 7) is 7.95. The number of carbonyl (C=O) groups excluding carboxylic acids is 1. The van der Waals surface area contributed by atoms with Crippen molar-refractivity contribution in [3.63, 3.8) is 0 Å². The van der Waals surface area contributed by atoms with Crippen molar-refractivity contribution in [3.05, 3.63) is 0 Å². The van der Waals surface area contributed by atoms with E-state index in [0.717, 1.165) is 30.3 Å². The number of carbonyl (C=O) groups is 1. The highest BCUT2D eigenvalue weighted by Crippen LogP contribution is 2.00.